The number of likely N-dealkylation sites (N-methyl/N-ethyl adjacent to an activating group) is 1. The summed E-state index contributed by atoms with van der Waals surface area (Å²) in [6, 6.07) is 9.32. The number of benzene rings is 2. The number of aryl methyl sites for hydroxylation is 2. The minimum Gasteiger partial charge on any atom is -0.494 e. The van der Waals surface area contributed by atoms with Gasteiger partial charge in [0.15, 0.2) is 5.71 Å². The van der Waals surface area contributed by atoms with E-state index >= 15 is 0 Å². The Balaban J connectivity index is 1.45. The van der Waals surface area contributed by atoms with Crippen molar-refractivity contribution in [3.63, 3.8) is 0 Å². The lowest BCUT2D eigenvalue weighted by molar-refractivity contribution is -0.401. The van der Waals surface area contributed by atoms with Crippen LogP contribution in [0, 0.1) is 0 Å². The highest BCUT2D eigenvalue weighted by Gasteiger charge is 2.44. The molecule has 5 rings (SSSR count). The highest BCUT2D eigenvalue weighted by Crippen LogP contribution is 2.50. The van der Waals surface area contributed by atoms with Crippen molar-refractivity contribution in [3.8, 4) is 11.5 Å². The number of hydrogen-bond acceptors (Lipinski definition) is 3. The first-order chi connectivity index (χ1) is 23.4. The van der Waals surface area contributed by atoms with E-state index in [9.17, 15) is 0 Å². The predicted molar refractivity (Wildman–Crippen MR) is 210 cm³/mol. The van der Waals surface area contributed by atoms with Crippen LogP contribution in [0.4, 0.5) is 11.4 Å². The SMILES string of the molecule is CCCCc1cc2c(cc1OCC)C(C)(C)C(/C=C/C1=C(Cl)C(=C/C=C3\N(C)c4cc(CCCC)c(OCC)cc4C3(C)C)CCC1)=[N+]2C. The summed E-state index contributed by atoms with van der Waals surface area (Å²) >= 11 is 7.22. The van der Waals surface area contributed by atoms with Crippen LogP contribution >= 0.6 is 11.6 Å². The van der Waals surface area contributed by atoms with Crippen LogP contribution in [0.5, 0.6) is 11.5 Å². The van der Waals surface area contributed by atoms with Gasteiger partial charge >= 0.3 is 0 Å². The second-order valence-electron chi connectivity index (χ2n) is 15.1. The van der Waals surface area contributed by atoms with E-state index in [-0.39, 0.29) is 10.8 Å². The number of rotatable bonds is 13. The molecule has 5 heteroatoms. The van der Waals surface area contributed by atoms with Crippen molar-refractivity contribution < 1.29 is 14.0 Å². The fourth-order valence-electron chi connectivity index (χ4n) is 8.07. The number of unbranched alkanes of at least 4 members (excludes halogenated alkanes) is 2. The summed E-state index contributed by atoms with van der Waals surface area (Å²) in [7, 11) is 4.40. The number of nitrogens with zero attached hydrogens (tertiary/aromatic N) is 2. The molecule has 1 aliphatic carbocycles. The van der Waals surface area contributed by atoms with Crippen LogP contribution in [-0.2, 0) is 23.7 Å². The lowest BCUT2D eigenvalue weighted by Gasteiger charge is -2.24. The molecule has 0 aromatic heterocycles. The number of halogens is 1. The second-order valence-corrected chi connectivity index (χ2v) is 15.4. The normalized spacial score (nSPS) is 19.9. The molecule has 0 spiro atoms. The maximum atomic E-state index is 7.22. The zero-order valence-electron chi connectivity index (χ0n) is 32.0. The summed E-state index contributed by atoms with van der Waals surface area (Å²) < 4.78 is 14.7. The largest absolute Gasteiger partial charge is 0.494 e. The molecule has 0 bridgehead atoms. The van der Waals surface area contributed by atoms with Crippen LogP contribution in [-0.4, -0.2) is 37.6 Å². The maximum Gasteiger partial charge on any atom is 0.210 e. The van der Waals surface area contributed by atoms with E-state index in [4.69, 9.17) is 21.1 Å². The molecule has 3 aliphatic rings. The van der Waals surface area contributed by atoms with Crippen molar-refractivity contribution in [2.75, 3.05) is 32.2 Å². The van der Waals surface area contributed by atoms with Crippen molar-refractivity contribution in [2.45, 2.75) is 124 Å². The predicted octanol–water partition coefficient (Wildman–Crippen LogP) is 11.6. The summed E-state index contributed by atoms with van der Waals surface area (Å²) in [5.41, 5.74) is 12.5. The topological polar surface area (TPSA) is 24.7 Å². The van der Waals surface area contributed by atoms with Crippen molar-refractivity contribution in [3.05, 3.63) is 92.7 Å². The van der Waals surface area contributed by atoms with Crippen molar-refractivity contribution in [2.24, 2.45) is 0 Å². The molecule has 0 atom stereocenters. The quantitative estimate of drug-likeness (QED) is 0.196. The van der Waals surface area contributed by atoms with Gasteiger partial charge in [-0.3, -0.25) is 0 Å². The molecule has 49 heavy (non-hydrogen) atoms. The highest BCUT2D eigenvalue weighted by molar-refractivity contribution is 6.32. The van der Waals surface area contributed by atoms with Crippen molar-refractivity contribution in [1.82, 2.24) is 0 Å². The molecule has 0 saturated carbocycles. The van der Waals surface area contributed by atoms with Crippen LogP contribution in [0.1, 0.15) is 123 Å². The Bertz CT molecular complexity index is 1720. The highest BCUT2D eigenvalue weighted by atomic mass is 35.5. The molecule has 264 valence electrons. The third-order valence-corrected chi connectivity index (χ3v) is 11.5. The van der Waals surface area contributed by atoms with Gasteiger partial charge < -0.3 is 14.4 Å². The van der Waals surface area contributed by atoms with E-state index in [2.05, 4.69) is 128 Å². The van der Waals surface area contributed by atoms with Gasteiger partial charge in [-0.25, -0.2) is 0 Å². The Morgan fingerprint density at radius 1 is 0.796 bits per heavy atom. The Hall–Kier alpha value is -3.24. The maximum absolute atomic E-state index is 7.22. The molecule has 2 aliphatic heterocycles. The van der Waals surface area contributed by atoms with Gasteiger partial charge in [0.25, 0.3) is 0 Å². The van der Waals surface area contributed by atoms with E-state index in [1.807, 2.05) is 0 Å². The molecule has 2 aromatic rings. The molecule has 0 radical (unpaired) electrons. The van der Waals surface area contributed by atoms with Gasteiger partial charge in [0.1, 0.15) is 18.5 Å². The number of hydrogen-bond donors (Lipinski definition) is 0. The van der Waals surface area contributed by atoms with Crippen LogP contribution in [0.3, 0.4) is 0 Å². The Morgan fingerprint density at radius 2 is 1.41 bits per heavy atom. The average molecular weight is 684 g/mol. The smallest absolute Gasteiger partial charge is 0.210 e. The van der Waals surface area contributed by atoms with Crippen LogP contribution in [0.25, 0.3) is 0 Å². The first-order valence-electron chi connectivity index (χ1n) is 18.8. The van der Waals surface area contributed by atoms with E-state index in [1.54, 1.807) is 0 Å². The third kappa shape index (κ3) is 7.18. The standard InChI is InChI=1S/C44H60ClN2O2/c1-11-15-18-32-26-36-34(28-38(32)48-13-3)43(5,6)40(46(36)9)24-22-30-20-17-21-31(42(30)45)23-25-41-44(7,8)35-29-39(49-14-4)33(19-16-12-2)27-37(35)47(41)10/h22-29H,11-21H2,1-10H3/q+1. The van der Waals surface area contributed by atoms with Gasteiger partial charge in [-0.15, -0.1) is 0 Å². The van der Waals surface area contributed by atoms with Crippen LogP contribution < -0.4 is 14.4 Å². The summed E-state index contributed by atoms with van der Waals surface area (Å²) in [6.45, 7) is 19.3. The zero-order valence-corrected chi connectivity index (χ0v) is 32.7. The lowest BCUT2D eigenvalue weighted by Crippen LogP contribution is -2.26. The Labute approximate surface area is 302 Å². The summed E-state index contributed by atoms with van der Waals surface area (Å²) in [5.74, 6) is 2.07. The Kier molecular flexibility index (Phi) is 11.6. The molecule has 4 nitrogen and oxygen atoms in total. The molecular formula is C44H60ClN2O2+. The fourth-order valence-corrected chi connectivity index (χ4v) is 8.38. The van der Waals surface area contributed by atoms with Gasteiger partial charge in [-0.05, 0) is 119 Å². The molecule has 2 aromatic carbocycles. The fraction of sp³-hybridized carbons (Fsp3) is 0.523. The van der Waals surface area contributed by atoms with Gasteiger partial charge in [0.05, 0.1) is 18.6 Å². The zero-order chi connectivity index (χ0) is 35.5. The van der Waals surface area contributed by atoms with Crippen molar-refractivity contribution >= 4 is 28.7 Å². The minimum atomic E-state index is -0.146. The number of anilines is 1. The third-order valence-electron chi connectivity index (χ3n) is 11.0. The molecule has 0 unspecified atom stereocenters. The van der Waals surface area contributed by atoms with E-state index in [1.165, 1.54) is 69.0 Å². The van der Waals surface area contributed by atoms with E-state index < -0.39 is 0 Å². The van der Waals surface area contributed by atoms with Crippen molar-refractivity contribution in [1.29, 1.82) is 0 Å². The first-order valence-corrected chi connectivity index (χ1v) is 19.2. The average Bonchev–Trinajstić information content (AvgIpc) is 3.37. The molecular weight excluding hydrogens is 624 g/mol. The first kappa shape index (κ1) is 37.0. The van der Waals surface area contributed by atoms with Crippen LogP contribution in [0.15, 0.2) is 70.4 Å². The number of ether oxygens (including phenoxy) is 2. The van der Waals surface area contributed by atoms with Gasteiger partial charge in [-0.2, -0.15) is 4.58 Å². The summed E-state index contributed by atoms with van der Waals surface area (Å²) in [6.07, 6.45) is 19.0. The van der Waals surface area contributed by atoms with Gasteiger partial charge in [0, 0.05) is 52.1 Å². The van der Waals surface area contributed by atoms with Gasteiger partial charge in [-0.1, -0.05) is 64.3 Å². The molecule has 0 saturated heterocycles. The Morgan fingerprint density at radius 3 is 2.02 bits per heavy atom. The molecule has 0 N–H and O–H groups in total. The molecule has 0 amide bonds. The van der Waals surface area contributed by atoms with E-state index in [0.29, 0.717) is 13.2 Å². The lowest BCUT2D eigenvalue weighted by atomic mass is 9.80. The monoisotopic (exact) mass is 683 g/mol. The molecule has 0 fully saturated rings. The van der Waals surface area contributed by atoms with Gasteiger partial charge in [0.2, 0.25) is 5.69 Å². The summed E-state index contributed by atoms with van der Waals surface area (Å²) in [5, 5.41) is 0.896. The van der Waals surface area contributed by atoms with E-state index in [0.717, 1.165) is 61.5 Å². The minimum absolute atomic E-state index is 0.146. The second kappa shape index (κ2) is 15.3. The number of fused-ring (bicyclic) bond motifs is 2. The summed E-state index contributed by atoms with van der Waals surface area (Å²) in [4.78, 5) is 2.37. The molecule has 2 heterocycles. The number of allylic oxidation sites excluding steroid dienone is 8. The van der Waals surface area contributed by atoms with Crippen LogP contribution in [0.2, 0.25) is 0 Å².